The predicted octanol–water partition coefficient (Wildman–Crippen LogP) is 1.24. The Hall–Kier alpha value is -1.97. The topological polar surface area (TPSA) is 64.7 Å². The lowest BCUT2D eigenvalue weighted by molar-refractivity contribution is 0.843. The Balaban J connectivity index is 1.96. The summed E-state index contributed by atoms with van der Waals surface area (Å²) in [5.41, 5.74) is 7.45. The van der Waals surface area contributed by atoms with Crippen LogP contribution in [0.4, 0.5) is 5.82 Å². The number of nitrogens with zero attached hydrogens (tertiary/aromatic N) is 3. The van der Waals surface area contributed by atoms with E-state index < -0.39 is 0 Å². The highest BCUT2D eigenvalue weighted by atomic mass is 15.1. The minimum Gasteiger partial charge on any atom is -0.382 e. The van der Waals surface area contributed by atoms with Crippen LogP contribution in [-0.4, -0.2) is 15.2 Å². The Morgan fingerprint density at radius 2 is 1.80 bits per heavy atom. The third-order valence-electron chi connectivity index (χ3n) is 2.10. The summed E-state index contributed by atoms with van der Waals surface area (Å²) in [5, 5.41) is 7.79. The van der Waals surface area contributed by atoms with Crippen molar-refractivity contribution in [2.45, 2.75) is 12.8 Å². The molecule has 2 N–H and O–H groups in total. The SMILES string of the molecule is Nc1ccc(CCc2ccccn2)nn1. The lowest BCUT2D eigenvalue weighted by Gasteiger charge is -1.99. The van der Waals surface area contributed by atoms with Crippen LogP contribution >= 0.6 is 0 Å². The average Bonchev–Trinajstić information content (AvgIpc) is 2.30. The van der Waals surface area contributed by atoms with E-state index in [9.17, 15) is 0 Å². The summed E-state index contributed by atoms with van der Waals surface area (Å²) in [4.78, 5) is 4.24. The van der Waals surface area contributed by atoms with Crippen molar-refractivity contribution < 1.29 is 0 Å². The molecule has 0 atom stereocenters. The van der Waals surface area contributed by atoms with E-state index in [1.54, 1.807) is 12.3 Å². The summed E-state index contributed by atoms with van der Waals surface area (Å²) >= 11 is 0. The molecule has 0 amide bonds. The number of hydrogen-bond acceptors (Lipinski definition) is 4. The van der Waals surface area contributed by atoms with Crippen LogP contribution in [0.1, 0.15) is 11.4 Å². The maximum Gasteiger partial charge on any atom is 0.146 e. The van der Waals surface area contributed by atoms with Crippen LogP contribution in [0.2, 0.25) is 0 Å². The van der Waals surface area contributed by atoms with Gasteiger partial charge in [0.2, 0.25) is 0 Å². The van der Waals surface area contributed by atoms with Crippen LogP contribution in [0.25, 0.3) is 0 Å². The predicted molar refractivity (Wildman–Crippen MR) is 58.1 cm³/mol. The molecule has 2 aromatic rings. The van der Waals surface area contributed by atoms with Crippen molar-refractivity contribution in [1.29, 1.82) is 0 Å². The lowest BCUT2D eigenvalue weighted by atomic mass is 10.2. The second kappa shape index (κ2) is 4.50. The average molecular weight is 200 g/mol. The fraction of sp³-hybridized carbons (Fsp3) is 0.182. The molecule has 0 unspecified atom stereocenters. The summed E-state index contributed by atoms with van der Waals surface area (Å²) in [7, 11) is 0. The normalized spacial score (nSPS) is 10.1. The number of nitrogens with two attached hydrogens (primary N) is 1. The van der Waals surface area contributed by atoms with Crippen molar-refractivity contribution in [3.05, 3.63) is 47.9 Å². The van der Waals surface area contributed by atoms with E-state index >= 15 is 0 Å². The molecular formula is C11H12N4. The van der Waals surface area contributed by atoms with Crippen LogP contribution < -0.4 is 5.73 Å². The Labute approximate surface area is 88.2 Å². The fourth-order valence-corrected chi connectivity index (χ4v) is 1.31. The van der Waals surface area contributed by atoms with Crippen molar-refractivity contribution in [3.8, 4) is 0 Å². The number of nitrogen functional groups attached to an aromatic ring is 1. The molecule has 0 radical (unpaired) electrons. The summed E-state index contributed by atoms with van der Waals surface area (Å²) in [6.45, 7) is 0. The van der Waals surface area contributed by atoms with Gasteiger partial charge in [-0.2, -0.15) is 5.10 Å². The molecule has 76 valence electrons. The lowest BCUT2D eigenvalue weighted by Crippen LogP contribution is -1.99. The van der Waals surface area contributed by atoms with Crippen molar-refractivity contribution in [1.82, 2.24) is 15.2 Å². The quantitative estimate of drug-likeness (QED) is 0.809. The largest absolute Gasteiger partial charge is 0.382 e. The maximum absolute atomic E-state index is 5.45. The number of anilines is 1. The van der Waals surface area contributed by atoms with E-state index in [-0.39, 0.29) is 0 Å². The van der Waals surface area contributed by atoms with E-state index in [0.717, 1.165) is 24.2 Å². The molecule has 2 aromatic heterocycles. The van der Waals surface area contributed by atoms with Crippen molar-refractivity contribution in [2.24, 2.45) is 0 Å². The minimum absolute atomic E-state index is 0.455. The number of pyridine rings is 1. The molecule has 0 bridgehead atoms. The minimum atomic E-state index is 0.455. The fourth-order valence-electron chi connectivity index (χ4n) is 1.31. The number of rotatable bonds is 3. The molecule has 4 nitrogen and oxygen atoms in total. The molecule has 0 aromatic carbocycles. The van der Waals surface area contributed by atoms with Crippen LogP contribution in [0.5, 0.6) is 0 Å². The third-order valence-corrected chi connectivity index (χ3v) is 2.10. The highest BCUT2D eigenvalue weighted by Gasteiger charge is 1.97. The van der Waals surface area contributed by atoms with Crippen LogP contribution in [-0.2, 0) is 12.8 Å². The van der Waals surface area contributed by atoms with Gasteiger partial charge in [-0.15, -0.1) is 5.10 Å². The second-order valence-electron chi connectivity index (χ2n) is 3.27. The van der Waals surface area contributed by atoms with Gasteiger partial charge < -0.3 is 5.73 Å². The molecular weight excluding hydrogens is 188 g/mol. The van der Waals surface area contributed by atoms with Crippen LogP contribution in [0, 0.1) is 0 Å². The van der Waals surface area contributed by atoms with Crippen molar-refractivity contribution in [2.75, 3.05) is 5.73 Å². The van der Waals surface area contributed by atoms with E-state index in [2.05, 4.69) is 15.2 Å². The third kappa shape index (κ3) is 2.74. The van der Waals surface area contributed by atoms with E-state index in [1.165, 1.54) is 0 Å². The molecule has 4 heteroatoms. The van der Waals surface area contributed by atoms with Gasteiger partial charge in [0, 0.05) is 11.9 Å². The van der Waals surface area contributed by atoms with Gasteiger partial charge in [0.05, 0.1) is 5.69 Å². The number of aromatic nitrogens is 3. The summed E-state index contributed by atoms with van der Waals surface area (Å²) in [6, 6.07) is 9.56. The van der Waals surface area contributed by atoms with E-state index in [0.29, 0.717) is 5.82 Å². The van der Waals surface area contributed by atoms with Gasteiger partial charge >= 0.3 is 0 Å². The van der Waals surface area contributed by atoms with Gasteiger partial charge in [0.15, 0.2) is 0 Å². The Morgan fingerprint density at radius 1 is 0.933 bits per heavy atom. The monoisotopic (exact) mass is 200 g/mol. The van der Waals surface area contributed by atoms with Crippen LogP contribution in [0.15, 0.2) is 36.5 Å². The zero-order valence-electron chi connectivity index (χ0n) is 8.30. The Morgan fingerprint density at radius 3 is 2.47 bits per heavy atom. The maximum atomic E-state index is 5.45. The standard InChI is InChI=1S/C11H12N4/c12-11-7-6-10(14-15-11)5-4-9-3-1-2-8-13-9/h1-3,6-8H,4-5H2,(H2,12,15). The number of hydrogen-bond donors (Lipinski definition) is 1. The van der Waals surface area contributed by atoms with Gasteiger partial charge in [0.25, 0.3) is 0 Å². The first kappa shape index (κ1) is 9.58. The Kier molecular flexibility index (Phi) is 2.88. The molecule has 0 aliphatic heterocycles. The first-order valence-corrected chi connectivity index (χ1v) is 4.82. The van der Waals surface area contributed by atoms with E-state index in [4.69, 9.17) is 5.73 Å². The second-order valence-corrected chi connectivity index (χ2v) is 3.27. The van der Waals surface area contributed by atoms with Gasteiger partial charge in [0.1, 0.15) is 5.82 Å². The van der Waals surface area contributed by atoms with Gasteiger partial charge in [-0.25, -0.2) is 0 Å². The molecule has 2 rings (SSSR count). The molecule has 0 saturated carbocycles. The van der Waals surface area contributed by atoms with Gasteiger partial charge in [-0.3, -0.25) is 4.98 Å². The highest BCUT2D eigenvalue weighted by Crippen LogP contribution is 2.03. The van der Waals surface area contributed by atoms with Gasteiger partial charge in [-0.1, -0.05) is 6.07 Å². The Bertz CT molecular complexity index is 410. The molecule has 2 heterocycles. The van der Waals surface area contributed by atoms with Crippen LogP contribution in [0.3, 0.4) is 0 Å². The molecule has 0 fully saturated rings. The molecule has 0 aliphatic carbocycles. The molecule has 0 saturated heterocycles. The smallest absolute Gasteiger partial charge is 0.146 e. The first-order chi connectivity index (χ1) is 7.34. The molecule has 0 aliphatic rings. The van der Waals surface area contributed by atoms with Gasteiger partial charge in [-0.05, 0) is 37.1 Å². The summed E-state index contributed by atoms with van der Waals surface area (Å²) in [5.74, 6) is 0.455. The van der Waals surface area contributed by atoms with Crippen molar-refractivity contribution in [3.63, 3.8) is 0 Å². The zero-order valence-corrected chi connectivity index (χ0v) is 8.30. The highest BCUT2D eigenvalue weighted by molar-refractivity contribution is 5.25. The summed E-state index contributed by atoms with van der Waals surface area (Å²) in [6.07, 6.45) is 3.51. The first-order valence-electron chi connectivity index (χ1n) is 4.82. The van der Waals surface area contributed by atoms with Crippen molar-refractivity contribution >= 4 is 5.82 Å². The molecule has 15 heavy (non-hydrogen) atoms. The molecule has 0 spiro atoms. The number of aryl methyl sites for hydroxylation is 2. The van der Waals surface area contributed by atoms with E-state index in [1.807, 2.05) is 24.3 Å². The summed E-state index contributed by atoms with van der Waals surface area (Å²) < 4.78 is 0. The zero-order chi connectivity index (χ0) is 10.5.